The Hall–Kier alpha value is -0.120. The molecule has 4 N–H and O–H groups in total. The molecule has 0 aliphatic heterocycles. The van der Waals surface area contributed by atoms with E-state index in [1.165, 1.54) is 0 Å². The molecule has 0 saturated heterocycles. The summed E-state index contributed by atoms with van der Waals surface area (Å²) >= 11 is 0. The van der Waals surface area contributed by atoms with E-state index in [4.69, 9.17) is 10.9 Å². The maximum absolute atomic E-state index is 8.50. The lowest BCUT2D eigenvalue weighted by atomic mass is 10.1. The molecule has 2 unspecified atom stereocenters. The maximum Gasteiger partial charge on any atom is 0.0468 e. The van der Waals surface area contributed by atoms with Gasteiger partial charge in [-0.1, -0.05) is 13.3 Å². The summed E-state index contributed by atoms with van der Waals surface area (Å²) in [6, 6.07) is 0.0740. The zero-order valence-corrected chi connectivity index (χ0v) is 6.09. The van der Waals surface area contributed by atoms with Crippen LogP contribution in [0.1, 0.15) is 26.7 Å². The van der Waals surface area contributed by atoms with E-state index in [0.717, 1.165) is 12.8 Å². The fraction of sp³-hybridized carbons (Fsp3) is 1.00. The lowest BCUT2D eigenvalue weighted by Gasteiger charge is -2.17. The van der Waals surface area contributed by atoms with E-state index < -0.39 is 0 Å². The van der Waals surface area contributed by atoms with Crippen molar-refractivity contribution in [2.75, 3.05) is 0 Å². The summed E-state index contributed by atoms with van der Waals surface area (Å²) in [5, 5.41) is 8.50. The van der Waals surface area contributed by atoms with Crippen molar-refractivity contribution in [3.63, 3.8) is 0 Å². The number of hydrogen-bond donors (Lipinski definition) is 3. The molecule has 0 saturated carbocycles. The minimum atomic E-state index is 0.0231. The van der Waals surface area contributed by atoms with Gasteiger partial charge >= 0.3 is 0 Å². The van der Waals surface area contributed by atoms with Crippen LogP contribution in [-0.4, -0.2) is 17.3 Å². The second kappa shape index (κ2) is 4.73. The Kier molecular flexibility index (Phi) is 4.67. The van der Waals surface area contributed by atoms with Gasteiger partial charge in [0.1, 0.15) is 0 Å². The van der Waals surface area contributed by atoms with Crippen molar-refractivity contribution in [3.8, 4) is 0 Å². The smallest absolute Gasteiger partial charge is 0.0468 e. The Labute approximate surface area is 56.2 Å². The van der Waals surface area contributed by atoms with E-state index in [1.54, 1.807) is 0 Å². The van der Waals surface area contributed by atoms with Crippen LogP contribution in [0.15, 0.2) is 0 Å². The number of hydroxylamine groups is 1. The molecule has 0 aromatic heterocycles. The Morgan fingerprint density at radius 2 is 2.22 bits per heavy atom. The van der Waals surface area contributed by atoms with Gasteiger partial charge in [0.05, 0.1) is 0 Å². The summed E-state index contributed by atoms with van der Waals surface area (Å²) < 4.78 is 0. The van der Waals surface area contributed by atoms with E-state index in [2.05, 4.69) is 12.4 Å². The van der Waals surface area contributed by atoms with Gasteiger partial charge in [-0.15, -0.1) is 0 Å². The van der Waals surface area contributed by atoms with E-state index >= 15 is 0 Å². The fourth-order valence-corrected chi connectivity index (χ4v) is 0.756. The van der Waals surface area contributed by atoms with E-state index in [1.807, 2.05) is 6.92 Å². The van der Waals surface area contributed by atoms with Crippen molar-refractivity contribution < 1.29 is 5.21 Å². The van der Waals surface area contributed by atoms with Crippen LogP contribution in [-0.2, 0) is 0 Å². The highest BCUT2D eigenvalue weighted by Gasteiger charge is 2.09. The van der Waals surface area contributed by atoms with Crippen LogP contribution in [0.3, 0.4) is 0 Å². The van der Waals surface area contributed by atoms with Crippen LogP contribution < -0.4 is 11.2 Å². The van der Waals surface area contributed by atoms with Gasteiger partial charge in [-0.25, -0.2) is 5.48 Å². The Morgan fingerprint density at radius 1 is 1.67 bits per heavy atom. The molecule has 0 aliphatic rings. The Balaban J connectivity index is 3.41. The van der Waals surface area contributed by atoms with Crippen LogP contribution >= 0.6 is 0 Å². The zero-order valence-electron chi connectivity index (χ0n) is 6.09. The van der Waals surface area contributed by atoms with Crippen molar-refractivity contribution >= 4 is 0 Å². The predicted molar refractivity (Wildman–Crippen MR) is 37.3 cm³/mol. The molecule has 0 aliphatic carbocycles. The molecule has 0 aromatic carbocycles. The summed E-state index contributed by atoms with van der Waals surface area (Å²) in [7, 11) is 0. The average molecular weight is 132 g/mol. The van der Waals surface area contributed by atoms with Gasteiger partial charge in [-0.2, -0.15) is 0 Å². The Bertz CT molecular complexity index is 66.1. The van der Waals surface area contributed by atoms with Crippen LogP contribution in [0.4, 0.5) is 0 Å². The third-order valence-electron chi connectivity index (χ3n) is 1.40. The third kappa shape index (κ3) is 3.46. The molecule has 9 heavy (non-hydrogen) atoms. The SMILES string of the molecule is CCCC(NO)C(C)N. The van der Waals surface area contributed by atoms with Gasteiger partial charge in [-0.3, -0.25) is 0 Å². The lowest BCUT2D eigenvalue weighted by Crippen LogP contribution is -2.41. The maximum atomic E-state index is 8.50. The first-order valence-corrected chi connectivity index (χ1v) is 3.37. The molecule has 0 heterocycles. The molecule has 0 bridgehead atoms. The predicted octanol–water partition coefficient (Wildman–Crippen LogP) is 0.481. The highest BCUT2D eigenvalue weighted by Crippen LogP contribution is 1.98. The molecule has 2 atom stereocenters. The molecule has 3 heteroatoms. The van der Waals surface area contributed by atoms with Crippen LogP contribution in [0.25, 0.3) is 0 Å². The second-order valence-corrected chi connectivity index (χ2v) is 2.38. The normalized spacial score (nSPS) is 17.3. The molecular formula is C6H16N2O. The van der Waals surface area contributed by atoms with Crippen LogP contribution in [0.2, 0.25) is 0 Å². The minimum absolute atomic E-state index is 0.0231. The zero-order chi connectivity index (χ0) is 7.28. The Morgan fingerprint density at radius 3 is 2.33 bits per heavy atom. The molecular weight excluding hydrogens is 116 g/mol. The highest BCUT2D eigenvalue weighted by atomic mass is 16.5. The van der Waals surface area contributed by atoms with E-state index in [0.29, 0.717) is 0 Å². The molecule has 0 amide bonds. The number of rotatable bonds is 4. The first-order valence-electron chi connectivity index (χ1n) is 3.37. The van der Waals surface area contributed by atoms with Crippen molar-refractivity contribution in [2.45, 2.75) is 38.8 Å². The van der Waals surface area contributed by atoms with Gasteiger partial charge < -0.3 is 10.9 Å². The quantitative estimate of drug-likeness (QED) is 0.488. The summed E-state index contributed by atoms with van der Waals surface area (Å²) in [4.78, 5) is 0. The highest BCUT2D eigenvalue weighted by molar-refractivity contribution is 4.70. The van der Waals surface area contributed by atoms with Crippen LogP contribution in [0.5, 0.6) is 0 Å². The number of nitrogens with one attached hydrogen (secondary N) is 1. The third-order valence-corrected chi connectivity index (χ3v) is 1.40. The van der Waals surface area contributed by atoms with Crippen molar-refractivity contribution in [1.82, 2.24) is 5.48 Å². The molecule has 0 radical (unpaired) electrons. The first-order chi connectivity index (χ1) is 4.22. The van der Waals surface area contributed by atoms with E-state index in [9.17, 15) is 0 Å². The first kappa shape index (κ1) is 8.88. The lowest BCUT2D eigenvalue weighted by molar-refractivity contribution is 0.111. The standard InChI is InChI=1S/C6H16N2O/c1-3-4-6(8-9)5(2)7/h5-6,8-9H,3-4,7H2,1-2H3. The van der Waals surface area contributed by atoms with Crippen LogP contribution in [0, 0.1) is 0 Å². The second-order valence-electron chi connectivity index (χ2n) is 2.38. The van der Waals surface area contributed by atoms with Gasteiger partial charge in [0.25, 0.3) is 0 Å². The van der Waals surface area contributed by atoms with Crippen molar-refractivity contribution in [3.05, 3.63) is 0 Å². The van der Waals surface area contributed by atoms with Crippen molar-refractivity contribution in [2.24, 2.45) is 5.73 Å². The molecule has 0 rings (SSSR count). The summed E-state index contributed by atoms with van der Waals surface area (Å²) in [5.74, 6) is 0. The summed E-state index contributed by atoms with van der Waals surface area (Å²) in [6.45, 7) is 3.94. The number of hydrogen-bond acceptors (Lipinski definition) is 3. The fourth-order valence-electron chi connectivity index (χ4n) is 0.756. The topological polar surface area (TPSA) is 58.3 Å². The van der Waals surface area contributed by atoms with Crippen molar-refractivity contribution in [1.29, 1.82) is 0 Å². The summed E-state index contributed by atoms with van der Waals surface area (Å²) in [5.41, 5.74) is 7.69. The van der Waals surface area contributed by atoms with Gasteiger partial charge in [0.2, 0.25) is 0 Å². The largest absolute Gasteiger partial charge is 0.326 e. The monoisotopic (exact) mass is 132 g/mol. The number of nitrogens with two attached hydrogens (primary N) is 1. The molecule has 3 nitrogen and oxygen atoms in total. The summed E-state index contributed by atoms with van der Waals surface area (Å²) in [6.07, 6.45) is 1.97. The molecule has 0 fully saturated rings. The van der Waals surface area contributed by atoms with E-state index in [-0.39, 0.29) is 12.1 Å². The molecule has 56 valence electrons. The van der Waals surface area contributed by atoms with Gasteiger partial charge in [0, 0.05) is 12.1 Å². The van der Waals surface area contributed by atoms with Gasteiger partial charge in [0.15, 0.2) is 0 Å². The minimum Gasteiger partial charge on any atom is -0.326 e. The molecule has 0 spiro atoms. The molecule has 0 aromatic rings. The average Bonchev–Trinajstić information content (AvgIpc) is 1.82. The van der Waals surface area contributed by atoms with Gasteiger partial charge in [-0.05, 0) is 13.3 Å².